The monoisotopic (exact) mass is 398 g/mol. The molecule has 0 saturated heterocycles. The van der Waals surface area contributed by atoms with E-state index >= 15 is 0 Å². The van der Waals surface area contributed by atoms with E-state index in [-0.39, 0.29) is 0 Å². The van der Waals surface area contributed by atoms with Gasteiger partial charge < -0.3 is 14.0 Å². The molecule has 0 N–H and O–H groups in total. The molecule has 0 aromatic heterocycles. The Morgan fingerprint density at radius 2 is 0.815 bits per heavy atom. The van der Waals surface area contributed by atoms with Gasteiger partial charge in [-0.25, -0.2) is 0 Å². The molecule has 0 fully saturated rings. The lowest BCUT2D eigenvalue weighted by Gasteiger charge is -2.46. The molecule has 0 saturated carbocycles. The number of hydrogen-bond acceptors (Lipinski definition) is 1. The maximum Gasteiger partial charge on any atom is 0.259 e. The van der Waals surface area contributed by atoms with E-state index in [0.717, 1.165) is 17.1 Å². The van der Waals surface area contributed by atoms with Crippen molar-refractivity contribution in [2.75, 3.05) is 35.2 Å². The van der Waals surface area contributed by atoms with Gasteiger partial charge in [0.25, 0.3) is 7.51 Å². The van der Waals surface area contributed by atoms with Crippen LogP contribution in [0.1, 0.15) is 0 Å². The standard InChI is InChI=1S/C21H24ClN4P/c1-24(19-13-7-4-8-14-19)27(23-22,25(2)20-15-9-5-10-16-20)26(3)21-17-11-6-12-18-21/h4-18H,1-3H3. The average Bonchev–Trinajstić information content (AvgIpc) is 2.76. The normalized spacial score (nSPS) is 11.0. The van der Waals surface area contributed by atoms with Crippen molar-refractivity contribution in [2.24, 2.45) is 4.26 Å². The first-order chi connectivity index (χ1) is 13.1. The van der Waals surface area contributed by atoms with Gasteiger partial charge in [-0.1, -0.05) is 54.6 Å². The summed E-state index contributed by atoms with van der Waals surface area (Å²) in [7, 11) is 3.62. The van der Waals surface area contributed by atoms with E-state index < -0.39 is 7.51 Å². The predicted molar refractivity (Wildman–Crippen MR) is 120 cm³/mol. The molecule has 3 rings (SSSR count). The Kier molecular flexibility index (Phi) is 6.10. The van der Waals surface area contributed by atoms with Crippen molar-refractivity contribution in [1.82, 2.24) is 0 Å². The van der Waals surface area contributed by atoms with E-state index in [1.54, 1.807) is 0 Å². The Balaban J connectivity index is 2.18. The highest BCUT2D eigenvalue weighted by Crippen LogP contribution is 2.61. The fourth-order valence-corrected chi connectivity index (χ4v) is 6.91. The van der Waals surface area contributed by atoms with E-state index in [1.165, 1.54) is 0 Å². The van der Waals surface area contributed by atoms with Crippen LogP contribution in [-0.2, 0) is 0 Å². The number of anilines is 3. The molecule has 0 atom stereocenters. The molecule has 0 spiro atoms. The van der Waals surface area contributed by atoms with Gasteiger partial charge in [-0.3, -0.25) is 0 Å². The highest BCUT2D eigenvalue weighted by atomic mass is 35.5. The molecule has 0 bridgehead atoms. The average molecular weight is 399 g/mol. The molecule has 0 radical (unpaired) electrons. The molecule has 140 valence electrons. The molecule has 27 heavy (non-hydrogen) atoms. The molecule has 3 aromatic rings. The highest BCUT2D eigenvalue weighted by molar-refractivity contribution is 7.71. The predicted octanol–water partition coefficient (Wildman–Crippen LogP) is 6.50. The summed E-state index contributed by atoms with van der Waals surface area (Å²) in [5, 5.41) is 0. The SMILES string of the molecule is CN(c1ccccc1)P(=NCl)(N(C)c1ccccc1)N(C)c1ccccc1. The number of halogens is 1. The van der Waals surface area contributed by atoms with Gasteiger partial charge in [-0.05, 0) is 36.4 Å². The summed E-state index contributed by atoms with van der Waals surface area (Å²) in [4.78, 5) is 0. The molecule has 0 amide bonds. The maximum atomic E-state index is 6.41. The lowest BCUT2D eigenvalue weighted by Crippen LogP contribution is -2.36. The molecule has 0 aliphatic rings. The first-order valence-electron chi connectivity index (χ1n) is 8.71. The summed E-state index contributed by atoms with van der Waals surface area (Å²) in [5.41, 5.74) is 3.17. The molecular weight excluding hydrogens is 375 g/mol. The van der Waals surface area contributed by atoms with Crippen molar-refractivity contribution >= 4 is 36.3 Å². The van der Waals surface area contributed by atoms with Crippen LogP contribution in [0.4, 0.5) is 17.1 Å². The van der Waals surface area contributed by atoms with Gasteiger partial charge in [0.1, 0.15) is 0 Å². The van der Waals surface area contributed by atoms with E-state index in [9.17, 15) is 0 Å². The lowest BCUT2D eigenvalue weighted by atomic mass is 10.3. The second-order valence-electron chi connectivity index (χ2n) is 6.19. The molecule has 0 aliphatic heterocycles. The van der Waals surface area contributed by atoms with Crippen LogP contribution in [-0.4, -0.2) is 21.1 Å². The summed E-state index contributed by atoms with van der Waals surface area (Å²) >= 11 is 6.41. The van der Waals surface area contributed by atoms with E-state index in [1.807, 2.05) is 75.7 Å². The number of benzene rings is 3. The zero-order valence-electron chi connectivity index (χ0n) is 15.8. The van der Waals surface area contributed by atoms with Crippen molar-refractivity contribution in [2.45, 2.75) is 0 Å². The molecule has 4 nitrogen and oxygen atoms in total. The van der Waals surface area contributed by atoms with E-state index in [2.05, 4.69) is 54.7 Å². The summed E-state index contributed by atoms with van der Waals surface area (Å²) in [6.07, 6.45) is 0. The van der Waals surface area contributed by atoms with Crippen LogP contribution in [0.25, 0.3) is 0 Å². The molecule has 6 heteroatoms. The van der Waals surface area contributed by atoms with Crippen molar-refractivity contribution in [3.8, 4) is 0 Å². The zero-order chi connectivity index (χ0) is 19.3. The minimum Gasteiger partial charge on any atom is -0.309 e. The van der Waals surface area contributed by atoms with Gasteiger partial charge in [0.05, 0.1) is 0 Å². The Labute approximate surface area is 166 Å². The van der Waals surface area contributed by atoms with Gasteiger partial charge in [-0.2, -0.15) is 0 Å². The van der Waals surface area contributed by atoms with Gasteiger partial charge >= 0.3 is 0 Å². The molecule has 3 aromatic carbocycles. The molecule has 0 unspecified atom stereocenters. The number of nitrogens with zero attached hydrogens (tertiary/aromatic N) is 4. The van der Waals surface area contributed by atoms with Crippen LogP contribution in [0.2, 0.25) is 0 Å². The second kappa shape index (κ2) is 8.51. The first-order valence-corrected chi connectivity index (χ1v) is 10.7. The number of rotatable bonds is 6. The van der Waals surface area contributed by atoms with Crippen LogP contribution >= 0.6 is 19.3 Å². The minimum absolute atomic E-state index is 1.06. The van der Waals surface area contributed by atoms with E-state index in [0.29, 0.717) is 0 Å². The van der Waals surface area contributed by atoms with Crippen LogP contribution in [0.5, 0.6) is 0 Å². The third-order valence-corrected chi connectivity index (χ3v) is 8.62. The van der Waals surface area contributed by atoms with Crippen LogP contribution in [0, 0.1) is 0 Å². The second-order valence-corrected chi connectivity index (χ2v) is 9.67. The van der Waals surface area contributed by atoms with Crippen molar-refractivity contribution in [3.05, 3.63) is 91.0 Å². The topological polar surface area (TPSA) is 22.1 Å². The summed E-state index contributed by atoms with van der Waals surface area (Å²) in [5.74, 6) is 0. The Morgan fingerprint density at radius 3 is 1.04 bits per heavy atom. The third-order valence-electron chi connectivity index (χ3n) is 4.70. The fraction of sp³-hybridized carbons (Fsp3) is 0.143. The maximum absolute atomic E-state index is 6.41. The largest absolute Gasteiger partial charge is 0.309 e. The fourth-order valence-electron chi connectivity index (χ4n) is 3.15. The first kappa shape index (κ1) is 19.3. The third kappa shape index (κ3) is 3.69. The highest BCUT2D eigenvalue weighted by Gasteiger charge is 2.36. The summed E-state index contributed by atoms with van der Waals surface area (Å²) in [6.45, 7) is 0. The molecular formula is C21H24ClN4P. The Bertz CT molecular complexity index is 786. The lowest BCUT2D eigenvalue weighted by molar-refractivity contribution is 1.16. The van der Waals surface area contributed by atoms with Gasteiger partial charge in [0.15, 0.2) is 0 Å². The number of hydrogen-bond donors (Lipinski definition) is 0. The van der Waals surface area contributed by atoms with Crippen molar-refractivity contribution in [3.63, 3.8) is 0 Å². The Hall–Kier alpha value is -2.42. The number of para-hydroxylation sites is 3. The van der Waals surface area contributed by atoms with E-state index in [4.69, 9.17) is 11.8 Å². The zero-order valence-corrected chi connectivity index (χ0v) is 17.4. The summed E-state index contributed by atoms with van der Waals surface area (Å²) in [6, 6.07) is 30.7. The van der Waals surface area contributed by atoms with Gasteiger partial charge in [0.2, 0.25) is 0 Å². The minimum atomic E-state index is -2.53. The van der Waals surface area contributed by atoms with Crippen molar-refractivity contribution in [1.29, 1.82) is 0 Å². The van der Waals surface area contributed by atoms with Crippen LogP contribution in [0.3, 0.4) is 0 Å². The van der Waals surface area contributed by atoms with Crippen LogP contribution < -0.4 is 14.0 Å². The molecule has 0 heterocycles. The molecule has 0 aliphatic carbocycles. The van der Waals surface area contributed by atoms with Gasteiger partial charge in [0, 0.05) is 50.0 Å². The quantitative estimate of drug-likeness (QED) is 0.443. The van der Waals surface area contributed by atoms with Gasteiger partial charge in [-0.15, -0.1) is 4.26 Å². The van der Waals surface area contributed by atoms with Crippen molar-refractivity contribution < 1.29 is 0 Å². The smallest absolute Gasteiger partial charge is 0.259 e. The van der Waals surface area contributed by atoms with Crippen LogP contribution in [0.15, 0.2) is 95.3 Å². The summed E-state index contributed by atoms with van der Waals surface area (Å²) < 4.78 is 11.1. The Morgan fingerprint density at radius 1 is 0.556 bits per heavy atom.